The Morgan fingerprint density at radius 2 is 1.23 bits per heavy atom. The lowest BCUT2D eigenvalue weighted by molar-refractivity contribution is -0.275. The largest absolute Gasteiger partial charge is 0.573 e. The van der Waals surface area contributed by atoms with Crippen LogP contribution >= 0.6 is 22.6 Å². The third-order valence-corrected chi connectivity index (χ3v) is 9.62. The molecular formula is C39H35F6IN4O2. The molecular weight excluding hydrogens is 797 g/mol. The number of benzene rings is 2. The number of nitrogens with zero attached hydrogens (tertiary/aromatic N) is 3. The molecule has 4 heterocycles. The predicted molar refractivity (Wildman–Crippen MR) is 194 cm³/mol. The quantitative estimate of drug-likeness (QED) is 0.127. The van der Waals surface area contributed by atoms with Gasteiger partial charge in [-0.15, -0.1) is 26.3 Å². The number of fused-ring (bicyclic) bond motifs is 2. The molecule has 272 valence electrons. The zero-order valence-electron chi connectivity index (χ0n) is 26.9. The van der Waals surface area contributed by atoms with Crippen LogP contribution < -0.4 is 19.7 Å². The van der Waals surface area contributed by atoms with Crippen molar-refractivity contribution in [2.75, 3.05) is 31.1 Å². The smallest absolute Gasteiger partial charge is 0.406 e. The van der Waals surface area contributed by atoms with E-state index in [0.717, 1.165) is 59.2 Å². The van der Waals surface area contributed by atoms with Crippen LogP contribution in [-0.4, -0.2) is 48.9 Å². The Bertz CT molecular complexity index is 1910. The van der Waals surface area contributed by atoms with Crippen LogP contribution in [0.5, 0.6) is 11.5 Å². The highest BCUT2D eigenvalue weighted by Crippen LogP contribution is 2.58. The number of aromatic nitrogens is 2. The molecule has 4 aromatic rings. The zero-order chi connectivity index (χ0) is 36.1. The monoisotopic (exact) mass is 832 g/mol. The Kier molecular flexibility index (Phi) is 12.0. The fourth-order valence-electron chi connectivity index (χ4n) is 6.15. The van der Waals surface area contributed by atoms with Crippen LogP contribution in [-0.2, 0) is 0 Å². The number of hydrogen-bond acceptors (Lipinski definition) is 6. The molecule has 4 atom stereocenters. The van der Waals surface area contributed by atoms with Crippen molar-refractivity contribution in [3.8, 4) is 35.2 Å². The lowest BCUT2D eigenvalue weighted by Crippen LogP contribution is -2.24. The summed E-state index contributed by atoms with van der Waals surface area (Å²) < 4.78 is 79.9. The number of rotatable bonds is 3. The van der Waals surface area contributed by atoms with E-state index in [1.54, 1.807) is 36.7 Å². The van der Waals surface area contributed by atoms with E-state index in [1.165, 1.54) is 30.7 Å². The first kappa shape index (κ1) is 38.8. The SMILES string of the molecule is C.C(#CC12CNCC1C2)c1ccccn1.FC(F)(F)Oc1ccc(I)cc1.FC(F)(F)Oc1ccc(N2CC3CC3(C#Cc3ccccn3)C2)cc1. The molecule has 2 aliphatic carbocycles. The van der Waals surface area contributed by atoms with Crippen molar-refractivity contribution in [2.24, 2.45) is 22.7 Å². The fourth-order valence-corrected chi connectivity index (χ4v) is 6.51. The number of alkyl halides is 6. The van der Waals surface area contributed by atoms with Crippen molar-refractivity contribution < 1.29 is 35.8 Å². The van der Waals surface area contributed by atoms with E-state index in [9.17, 15) is 26.3 Å². The van der Waals surface area contributed by atoms with Crippen molar-refractivity contribution in [1.29, 1.82) is 0 Å². The van der Waals surface area contributed by atoms with Crippen LogP contribution in [0.1, 0.15) is 31.7 Å². The summed E-state index contributed by atoms with van der Waals surface area (Å²) in [7, 11) is 0. The number of halogens is 7. The summed E-state index contributed by atoms with van der Waals surface area (Å²) in [5.74, 6) is 14.0. The molecule has 4 fully saturated rings. The van der Waals surface area contributed by atoms with E-state index < -0.39 is 12.7 Å². The molecule has 4 unspecified atom stereocenters. The average molecular weight is 833 g/mol. The lowest BCUT2D eigenvalue weighted by atomic mass is 10.1. The van der Waals surface area contributed by atoms with Gasteiger partial charge in [0.2, 0.25) is 0 Å². The number of pyridine rings is 2. The molecule has 2 aliphatic heterocycles. The van der Waals surface area contributed by atoms with E-state index >= 15 is 0 Å². The highest BCUT2D eigenvalue weighted by molar-refractivity contribution is 14.1. The Labute approximate surface area is 312 Å². The summed E-state index contributed by atoms with van der Waals surface area (Å²) >= 11 is 2.00. The van der Waals surface area contributed by atoms with Gasteiger partial charge in [-0.25, -0.2) is 9.97 Å². The Hall–Kier alpha value is -4.47. The third-order valence-electron chi connectivity index (χ3n) is 8.90. The maximum absolute atomic E-state index is 12.2. The highest BCUT2D eigenvalue weighted by Gasteiger charge is 2.59. The summed E-state index contributed by atoms with van der Waals surface area (Å²) in [5, 5.41) is 3.38. The molecule has 2 saturated carbocycles. The second-order valence-electron chi connectivity index (χ2n) is 12.6. The summed E-state index contributed by atoms with van der Waals surface area (Å²) in [6, 6.07) is 23.1. The van der Waals surface area contributed by atoms with Crippen LogP contribution in [0.3, 0.4) is 0 Å². The minimum Gasteiger partial charge on any atom is -0.406 e. The molecule has 0 amide bonds. The average Bonchev–Trinajstić information content (AvgIpc) is 3.88. The van der Waals surface area contributed by atoms with Crippen LogP contribution in [0, 0.1) is 49.9 Å². The van der Waals surface area contributed by atoms with Crippen LogP contribution in [0.15, 0.2) is 97.3 Å². The van der Waals surface area contributed by atoms with Crippen molar-refractivity contribution in [3.05, 3.63) is 112 Å². The zero-order valence-corrected chi connectivity index (χ0v) is 29.1. The van der Waals surface area contributed by atoms with E-state index in [0.29, 0.717) is 11.3 Å². The first-order valence-corrected chi connectivity index (χ1v) is 17.1. The van der Waals surface area contributed by atoms with Gasteiger partial charge in [0.15, 0.2) is 0 Å². The van der Waals surface area contributed by atoms with Gasteiger partial charge < -0.3 is 19.7 Å². The first-order valence-electron chi connectivity index (χ1n) is 16.0. The fraction of sp³-hybridized carbons (Fsp3) is 0.333. The summed E-state index contributed by atoms with van der Waals surface area (Å²) in [4.78, 5) is 10.6. The van der Waals surface area contributed by atoms with Crippen molar-refractivity contribution in [1.82, 2.24) is 15.3 Å². The van der Waals surface area contributed by atoms with E-state index in [-0.39, 0.29) is 24.3 Å². The number of nitrogens with one attached hydrogen (secondary N) is 1. The molecule has 8 rings (SSSR count). The third kappa shape index (κ3) is 10.8. The van der Waals surface area contributed by atoms with Crippen LogP contribution in [0.4, 0.5) is 32.0 Å². The molecule has 2 aromatic carbocycles. The van der Waals surface area contributed by atoms with Gasteiger partial charge in [0.05, 0.1) is 5.41 Å². The summed E-state index contributed by atoms with van der Waals surface area (Å²) in [6.07, 6.45) is -3.41. The molecule has 0 bridgehead atoms. The van der Waals surface area contributed by atoms with Crippen LogP contribution in [0.2, 0.25) is 0 Å². The molecule has 0 radical (unpaired) electrons. The van der Waals surface area contributed by atoms with Crippen molar-refractivity contribution in [2.45, 2.75) is 33.0 Å². The minimum atomic E-state index is -4.66. The molecule has 0 spiro atoms. The summed E-state index contributed by atoms with van der Waals surface area (Å²) in [6.45, 7) is 3.88. The van der Waals surface area contributed by atoms with Gasteiger partial charge >= 0.3 is 12.7 Å². The molecule has 13 heteroatoms. The second-order valence-corrected chi connectivity index (χ2v) is 13.8. The number of ether oxygens (including phenoxy) is 2. The predicted octanol–water partition coefficient (Wildman–Crippen LogP) is 8.73. The minimum absolute atomic E-state index is 0. The van der Waals surface area contributed by atoms with Gasteiger partial charge in [0.1, 0.15) is 22.9 Å². The summed E-state index contributed by atoms with van der Waals surface area (Å²) in [5.41, 5.74) is 2.82. The number of hydrogen-bond donors (Lipinski definition) is 1. The number of piperidine rings is 2. The van der Waals surface area contributed by atoms with Gasteiger partial charge in [-0.1, -0.05) is 31.4 Å². The van der Waals surface area contributed by atoms with Gasteiger partial charge in [0, 0.05) is 46.7 Å². The van der Waals surface area contributed by atoms with Crippen molar-refractivity contribution >= 4 is 28.3 Å². The van der Waals surface area contributed by atoms with E-state index in [4.69, 9.17) is 0 Å². The lowest BCUT2D eigenvalue weighted by Gasteiger charge is -2.21. The van der Waals surface area contributed by atoms with E-state index in [2.05, 4.69) is 53.3 Å². The Morgan fingerprint density at radius 3 is 1.69 bits per heavy atom. The normalized spacial score (nSPS) is 23.2. The molecule has 1 N–H and O–H groups in total. The molecule has 6 nitrogen and oxygen atoms in total. The second kappa shape index (κ2) is 16.0. The van der Waals surface area contributed by atoms with Gasteiger partial charge in [-0.3, -0.25) is 0 Å². The molecule has 2 aromatic heterocycles. The highest BCUT2D eigenvalue weighted by atomic mass is 127. The standard InChI is InChI=1S/C19H15F3N2O.C12H12N2.C7H4F3IO.CH4/c20-19(21,22)25-17-6-4-16(5-7-17)24-12-14-11-18(14,13-24)9-8-15-3-1-2-10-23-15;1-2-6-14-11(3-1)4-5-12-7-10(12)8-13-9-12;8-7(9,10)12-6-3-1-5(11)2-4-6;/h1-7,10,14H,11-13H2;1-3,6,10,13H,7-9H2;1-4H;1H4. The maximum atomic E-state index is 12.2. The molecule has 52 heavy (non-hydrogen) atoms. The van der Waals surface area contributed by atoms with Gasteiger partial charge in [-0.05, 0) is 138 Å². The molecule has 4 aliphatic rings. The Morgan fingerprint density at radius 1 is 0.712 bits per heavy atom. The first-order chi connectivity index (χ1) is 24.3. The van der Waals surface area contributed by atoms with Crippen LogP contribution in [0.25, 0.3) is 0 Å². The van der Waals surface area contributed by atoms with E-state index in [1.807, 2.05) is 59.0 Å². The van der Waals surface area contributed by atoms with Gasteiger partial charge in [0.25, 0.3) is 0 Å². The van der Waals surface area contributed by atoms with Gasteiger partial charge in [-0.2, -0.15) is 0 Å². The molecule has 2 saturated heterocycles. The van der Waals surface area contributed by atoms with Crippen molar-refractivity contribution in [3.63, 3.8) is 0 Å². The Balaban J connectivity index is 0.000000164. The number of anilines is 1. The topological polar surface area (TPSA) is 59.5 Å². The maximum Gasteiger partial charge on any atom is 0.573 e.